The second-order valence-corrected chi connectivity index (χ2v) is 6.10. The molecule has 0 radical (unpaired) electrons. The average molecular weight is 298 g/mol. The molecule has 1 aliphatic rings. The van der Waals surface area contributed by atoms with Crippen molar-refractivity contribution in [1.29, 1.82) is 0 Å². The van der Waals surface area contributed by atoms with Crippen molar-refractivity contribution in [2.75, 3.05) is 13.1 Å². The summed E-state index contributed by atoms with van der Waals surface area (Å²) in [5.41, 5.74) is 2.43. The number of aromatic nitrogens is 3. The summed E-state index contributed by atoms with van der Waals surface area (Å²) in [4.78, 5) is 18.3. The van der Waals surface area contributed by atoms with Gasteiger partial charge in [0.05, 0.1) is 6.20 Å². The Labute approximate surface area is 131 Å². The quantitative estimate of drug-likeness (QED) is 0.868. The zero-order valence-corrected chi connectivity index (χ0v) is 13.0. The number of carbonyl (C=O) groups excluding carboxylic acids is 1. The highest BCUT2D eigenvalue weighted by Crippen LogP contribution is 2.21. The lowest BCUT2D eigenvalue weighted by Crippen LogP contribution is -2.40. The number of pyridine rings is 1. The summed E-state index contributed by atoms with van der Waals surface area (Å²) in [6.45, 7) is 4.05. The molecule has 5 heteroatoms. The first-order chi connectivity index (χ1) is 10.7. The van der Waals surface area contributed by atoms with E-state index in [4.69, 9.17) is 0 Å². The van der Waals surface area contributed by atoms with Gasteiger partial charge in [0.2, 0.25) is 5.91 Å². The first-order valence-electron chi connectivity index (χ1n) is 7.86. The Morgan fingerprint density at radius 2 is 2.00 bits per heavy atom. The summed E-state index contributed by atoms with van der Waals surface area (Å²) >= 11 is 0. The number of aryl methyl sites for hydroxylation is 1. The van der Waals surface area contributed by atoms with Crippen LogP contribution >= 0.6 is 0 Å². The molecule has 1 fully saturated rings. The standard InChI is InChI=1S/C17H22N4O/c1-14-11-19-21(12-14)13-17(22)20-8-4-16(5-9-20)10-15-2-6-18-7-3-15/h2-3,6-7,11-12,16H,4-5,8-10,13H2,1H3. The third kappa shape index (κ3) is 3.72. The van der Waals surface area contributed by atoms with Gasteiger partial charge < -0.3 is 4.90 Å². The van der Waals surface area contributed by atoms with Crippen LogP contribution in [0.3, 0.4) is 0 Å². The Morgan fingerprint density at radius 3 is 2.64 bits per heavy atom. The van der Waals surface area contributed by atoms with Crippen LogP contribution in [0.15, 0.2) is 36.9 Å². The van der Waals surface area contributed by atoms with Crippen LogP contribution in [0.4, 0.5) is 0 Å². The van der Waals surface area contributed by atoms with E-state index in [2.05, 4.69) is 22.2 Å². The van der Waals surface area contributed by atoms with Gasteiger partial charge in [-0.1, -0.05) is 0 Å². The fraction of sp³-hybridized carbons (Fsp3) is 0.471. The van der Waals surface area contributed by atoms with Crippen molar-refractivity contribution in [3.8, 4) is 0 Å². The topological polar surface area (TPSA) is 51.0 Å². The molecule has 1 amide bonds. The highest BCUT2D eigenvalue weighted by Gasteiger charge is 2.23. The van der Waals surface area contributed by atoms with Crippen molar-refractivity contribution in [3.63, 3.8) is 0 Å². The lowest BCUT2D eigenvalue weighted by atomic mass is 9.90. The monoisotopic (exact) mass is 298 g/mol. The van der Waals surface area contributed by atoms with Crippen LogP contribution in [0, 0.1) is 12.8 Å². The van der Waals surface area contributed by atoms with Crippen LogP contribution in [0.2, 0.25) is 0 Å². The second kappa shape index (κ2) is 6.73. The van der Waals surface area contributed by atoms with E-state index in [1.165, 1.54) is 5.56 Å². The predicted octanol–water partition coefficient (Wildman–Crippen LogP) is 2.07. The lowest BCUT2D eigenvalue weighted by Gasteiger charge is -2.32. The Bertz CT molecular complexity index is 615. The van der Waals surface area contributed by atoms with E-state index in [1.54, 1.807) is 10.9 Å². The van der Waals surface area contributed by atoms with Gasteiger partial charge in [0.25, 0.3) is 0 Å². The molecule has 3 rings (SSSR count). The van der Waals surface area contributed by atoms with Crippen molar-refractivity contribution in [3.05, 3.63) is 48.0 Å². The molecule has 0 unspecified atom stereocenters. The number of nitrogens with zero attached hydrogens (tertiary/aromatic N) is 4. The number of rotatable bonds is 4. The fourth-order valence-electron chi connectivity index (χ4n) is 3.03. The molecule has 2 aromatic heterocycles. The molecule has 0 N–H and O–H groups in total. The van der Waals surface area contributed by atoms with Gasteiger partial charge in [-0.05, 0) is 55.4 Å². The first-order valence-corrected chi connectivity index (χ1v) is 7.86. The zero-order chi connectivity index (χ0) is 15.4. The summed E-state index contributed by atoms with van der Waals surface area (Å²) in [6.07, 6.45) is 10.6. The van der Waals surface area contributed by atoms with Crippen LogP contribution in [-0.4, -0.2) is 38.7 Å². The molecule has 0 atom stereocenters. The van der Waals surface area contributed by atoms with Crippen molar-refractivity contribution >= 4 is 5.91 Å². The van der Waals surface area contributed by atoms with E-state index in [-0.39, 0.29) is 5.91 Å². The Kier molecular flexibility index (Phi) is 4.51. The number of likely N-dealkylation sites (tertiary alicyclic amines) is 1. The van der Waals surface area contributed by atoms with Crippen molar-refractivity contribution < 1.29 is 4.79 Å². The van der Waals surface area contributed by atoms with Gasteiger partial charge in [-0.15, -0.1) is 0 Å². The number of piperidine rings is 1. The minimum absolute atomic E-state index is 0.172. The summed E-state index contributed by atoms with van der Waals surface area (Å²) < 4.78 is 1.72. The zero-order valence-electron chi connectivity index (χ0n) is 13.0. The van der Waals surface area contributed by atoms with Crippen molar-refractivity contribution in [2.24, 2.45) is 5.92 Å². The van der Waals surface area contributed by atoms with Gasteiger partial charge >= 0.3 is 0 Å². The normalized spacial score (nSPS) is 16.0. The number of carbonyl (C=O) groups is 1. The van der Waals surface area contributed by atoms with Crippen LogP contribution in [0.5, 0.6) is 0 Å². The van der Waals surface area contributed by atoms with E-state index in [0.29, 0.717) is 12.5 Å². The molecule has 0 spiro atoms. The van der Waals surface area contributed by atoms with E-state index in [9.17, 15) is 4.79 Å². The van der Waals surface area contributed by atoms with E-state index < -0.39 is 0 Å². The minimum atomic E-state index is 0.172. The number of hydrogen-bond donors (Lipinski definition) is 0. The number of amides is 1. The molecule has 5 nitrogen and oxygen atoms in total. The Morgan fingerprint density at radius 1 is 1.27 bits per heavy atom. The first kappa shape index (κ1) is 14.8. The summed E-state index contributed by atoms with van der Waals surface area (Å²) in [7, 11) is 0. The van der Waals surface area contributed by atoms with E-state index in [0.717, 1.165) is 37.9 Å². The molecule has 2 aromatic rings. The largest absolute Gasteiger partial charge is 0.341 e. The Balaban J connectivity index is 1.48. The molecule has 22 heavy (non-hydrogen) atoms. The molecule has 0 saturated carbocycles. The molecule has 116 valence electrons. The third-order valence-electron chi connectivity index (χ3n) is 4.30. The lowest BCUT2D eigenvalue weighted by molar-refractivity contribution is -0.133. The van der Waals surface area contributed by atoms with Crippen molar-refractivity contribution in [2.45, 2.75) is 32.7 Å². The highest BCUT2D eigenvalue weighted by molar-refractivity contribution is 5.76. The minimum Gasteiger partial charge on any atom is -0.341 e. The molecular formula is C17H22N4O. The highest BCUT2D eigenvalue weighted by atomic mass is 16.2. The maximum atomic E-state index is 12.3. The summed E-state index contributed by atoms with van der Waals surface area (Å²) in [6, 6.07) is 4.16. The molecule has 1 aliphatic heterocycles. The van der Waals surface area contributed by atoms with Crippen LogP contribution in [0.1, 0.15) is 24.0 Å². The molecule has 0 aromatic carbocycles. The Hall–Kier alpha value is -2.17. The van der Waals surface area contributed by atoms with Crippen LogP contribution in [0.25, 0.3) is 0 Å². The van der Waals surface area contributed by atoms with Gasteiger partial charge in [0.15, 0.2) is 0 Å². The average Bonchev–Trinajstić information content (AvgIpc) is 2.94. The van der Waals surface area contributed by atoms with Crippen LogP contribution in [-0.2, 0) is 17.8 Å². The molecule has 0 aliphatic carbocycles. The molecule has 1 saturated heterocycles. The molecule has 3 heterocycles. The SMILES string of the molecule is Cc1cnn(CC(=O)N2CCC(Cc3ccncc3)CC2)c1. The fourth-order valence-corrected chi connectivity index (χ4v) is 3.03. The molecular weight excluding hydrogens is 276 g/mol. The smallest absolute Gasteiger partial charge is 0.244 e. The second-order valence-electron chi connectivity index (χ2n) is 6.10. The van der Waals surface area contributed by atoms with Crippen molar-refractivity contribution in [1.82, 2.24) is 19.7 Å². The van der Waals surface area contributed by atoms with Gasteiger partial charge in [-0.25, -0.2) is 0 Å². The number of hydrogen-bond acceptors (Lipinski definition) is 3. The van der Waals surface area contributed by atoms with Gasteiger partial charge in [-0.3, -0.25) is 14.5 Å². The van der Waals surface area contributed by atoms with Crippen LogP contribution < -0.4 is 0 Å². The van der Waals surface area contributed by atoms with E-state index >= 15 is 0 Å². The van der Waals surface area contributed by atoms with Gasteiger partial charge in [0.1, 0.15) is 6.54 Å². The van der Waals surface area contributed by atoms with Gasteiger partial charge in [0, 0.05) is 31.7 Å². The summed E-state index contributed by atoms with van der Waals surface area (Å²) in [5, 5.41) is 4.18. The van der Waals surface area contributed by atoms with Gasteiger partial charge in [-0.2, -0.15) is 5.10 Å². The predicted molar refractivity (Wildman–Crippen MR) is 84.2 cm³/mol. The van der Waals surface area contributed by atoms with E-state index in [1.807, 2.05) is 30.4 Å². The maximum absolute atomic E-state index is 12.3. The third-order valence-corrected chi connectivity index (χ3v) is 4.30. The molecule has 0 bridgehead atoms. The maximum Gasteiger partial charge on any atom is 0.244 e. The summed E-state index contributed by atoms with van der Waals surface area (Å²) in [5.74, 6) is 0.837.